The van der Waals surface area contributed by atoms with Crippen molar-refractivity contribution >= 4 is 5.97 Å². The summed E-state index contributed by atoms with van der Waals surface area (Å²) < 4.78 is 6.80. The number of ether oxygens (including phenoxy) is 1. The molecule has 0 aliphatic heterocycles. The molecule has 3 heteroatoms. The number of aromatic nitrogens is 1. The predicted octanol–water partition coefficient (Wildman–Crippen LogP) is 1.99. The molecule has 0 radical (unpaired) electrons. The van der Waals surface area contributed by atoms with Gasteiger partial charge in [0.2, 0.25) is 0 Å². The molecule has 1 rings (SSSR count). The van der Waals surface area contributed by atoms with Crippen LogP contribution in [-0.2, 0) is 18.2 Å². The Hall–Kier alpha value is -1.69. The summed E-state index contributed by atoms with van der Waals surface area (Å²) >= 11 is 0. The molecule has 0 atom stereocenters. The minimum atomic E-state index is -0.284. The van der Waals surface area contributed by atoms with Crippen LogP contribution in [0.25, 0.3) is 0 Å². The molecule has 0 N–H and O–H groups in total. The highest BCUT2D eigenvalue weighted by atomic mass is 16.5. The van der Waals surface area contributed by atoms with Crippen molar-refractivity contribution in [1.82, 2.24) is 4.57 Å². The SMILES string of the molecule is C#CCCc1c(C(=O)OC)c(C)n(C)c1C. The Labute approximate surface area is 96.4 Å². The van der Waals surface area contributed by atoms with Crippen LogP contribution in [0.15, 0.2) is 0 Å². The third kappa shape index (κ3) is 1.96. The van der Waals surface area contributed by atoms with Crippen molar-refractivity contribution in [2.24, 2.45) is 7.05 Å². The maximum atomic E-state index is 11.7. The maximum absolute atomic E-state index is 11.7. The molecule has 0 unspecified atom stereocenters. The first-order valence-electron chi connectivity index (χ1n) is 5.21. The zero-order valence-corrected chi connectivity index (χ0v) is 10.3. The third-order valence-corrected chi connectivity index (χ3v) is 3.02. The fraction of sp³-hybridized carbons (Fsp3) is 0.462. The molecule has 0 saturated carbocycles. The minimum absolute atomic E-state index is 0.284. The Morgan fingerprint density at radius 2 is 2.06 bits per heavy atom. The van der Waals surface area contributed by atoms with Gasteiger partial charge in [0, 0.05) is 24.9 Å². The molecule has 1 heterocycles. The van der Waals surface area contributed by atoms with Crippen molar-refractivity contribution in [3.05, 3.63) is 22.5 Å². The van der Waals surface area contributed by atoms with Crippen LogP contribution in [-0.4, -0.2) is 17.6 Å². The summed E-state index contributed by atoms with van der Waals surface area (Å²) in [6, 6.07) is 0. The van der Waals surface area contributed by atoms with Gasteiger partial charge in [-0.1, -0.05) is 0 Å². The molecule has 0 saturated heterocycles. The van der Waals surface area contributed by atoms with Crippen molar-refractivity contribution in [3.8, 4) is 12.3 Å². The minimum Gasteiger partial charge on any atom is -0.465 e. The van der Waals surface area contributed by atoms with Gasteiger partial charge in [-0.25, -0.2) is 4.79 Å². The van der Waals surface area contributed by atoms with E-state index in [4.69, 9.17) is 11.2 Å². The summed E-state index contributed by atoms with van der Waals surface area (Å²) in [6.07, 6.45) is 6.61. The van der Waals surface area contributed by atoms with Crippen LogP contribution in [0, 0.1) is 26.2 Å². The van der Waals surface area contributed by atoms with Gasteiger partial charge < -0.3 is 9.30 Å². The monoisotopic (exact) mass is 219 g/mol. The normalized spacial score (nSPS) is 9.94. The highest BCUT2D eigenvalue weighted by Gasteiger charge is 2.21. The van der Waals surface area contributed by atoms with Crippen molar-refractivity contribution in [1.29, 1.82) is 0 Å². The molecule has 0 aliphatic rings. The molecule has 0 aliphatic carbocycles. The molecule has 0 aromatic carbocycles. The van der Waals surface area contributed by atoms with Crippen LogP contribution < -0.4 is 0 Å². The quantitative estimate of drug-likeness (QED) is 0.575. The lowest BCUT2D eigenvalue weighted by atomic mass is 10.0. The first-order chi connectivity index (χ1) is 7.54. The van der Waals surface area contributed by atoms with Crippen LogP contribution in [0.3, 0.4) is 0 Å². The zero-order valence-electron chi connectivity index (χ0n) is 10.3. The molecule has 0 amide bonds. The van der Waals surface area contributed by atoms with Gasteiger partial charge in [0.25, 0.3) is 0 Å². The molecule has 1 aromatic rings. The Bertz CT molecular complexity index is 449. The van der Waals surface area contributed by atoms with E-state index in [1.807, 2.05) is 25.5 Å². The number of nitrogens with zero attached hydrogens (tertiary/aromatic N) is 1. The highest BCUT2D eigenvalue weighted by molar-refractivity contribution is 5.93. The Morgan fingerprint density at radius 1 is 1.44 bits per heavy atom. The van der Waals surface area contributed by atoms with Gasteiger partial charge in [0.15, 0.2) is 0 Å². The van der Waals surface area contributed by atoms with Gasteiger partial charge in [0.1, 0.15) is 0 Å². The molecular weight excluding hydrogens is 202 g/mol. The molecule has 1 aromatic heterocycles. The fourth-order valence-electron chi connectivity index (χ4n) is 1.90. The number of hydrogen-bond acceptors (Lipinski definition) is 2. The second kappa shape index (κ2) is 4.89. The first-order valence-corrected chi connectivity index (χ1v) is 5.21. The van der Waals surface area contributed by atoms with Gasteiger partial charge in [0.05, 0.1) is 12.7 Å². The van der Waals surface area contributed by atoms with Crippen molar-refractivity contribution in [2.75, 3.05) is 7.11 Å². The average molecular weight is 219 g/mol. The Balaban J connectivity index is 3.28. The second-order valence-corrected chi connectivity index (χ2v) is 3.78. The maximum Gasteiger partial charge on any atom is 0.339 e. The van der Waals surface area contributed by atoms with Gasteiger partial charge in [-0.05, 0) is 25.8 Å². The van der Waals surface area contributed by atoms with Gasteiger partial charge >= 0.3 is 5.97 Å². The van der Waals surface area contributed by atoms with Gasteiger partial charge in [-0.15, -0.1) is 12.3 Å². The largest absolute Gasteiger partial charge is 0.465 e. The summed E-state index contributed by atoms with van der Waals surface area (Å²) in [5, 5.41) is 0. The van der Waals surface area contributed by atoms with Crippen LogP contribution >= 0.6 is 0 Å². The molecule has 0 bridgehead atoms. The number of esters is 1. The van der Waals surface area contributed by atoms with E-state index in [0.29, 0.717) is 18.4 Å². The predicted molar refractivity (Wildman–Crippen MR) is 63.4 cm³/mol. The Kier molecular flexibility index (Phi) is 3.78. The number of terminal acetylenes is 1. The summed E-state index contributed by atoms with van der Waals surface area (Å²) in [5.41, 5.74) is 3.67. The molecule has 86 valence electrons. The first kappa shape index (κ1) is 12.4. The molecule has 0 fully saturated rings. The van der Waals surface area contributed by atoms with E-state index >= 15 is 0 Å². The van der Waals surface area contributed by atoms with Crippen molar-refractivity contribution in [2.45, 2.75) is 26.7 Å². The lowest BCUT2D eigenvalue weighted by Crippen LogP contribution is -2.06. The Morgan fingerprint density at radius 3 is 2.56 bits per heavy atom. The topological polar surface area (TPSA) is 31.2 Å². The van der Waals surface area contributed by atoms with Crippen LogP contribution in [0.5, 0.6) is 0 Å². The molecule has 16 heavy (non-hydrogen) atoms. The number of carbonyl (C=O) groups is 1. The number of hydrogen-bond donors (Lipinski definition) is 0. The van der Waals surface area contributed by atoms with Crippen molar-refractivity contribution < 1.29 is 9.53 Å². The zero-order chi connectivity index (χ0) is 12.3. The van der Waals surface area contributed by atoms with Crippen LogP contribution in [0.2, 0.25) is 0 Å². The van der Waals surface area contributed by atoms with Crippen LogP contribution in [0.1, 0.15) is 33.7 Å². The fourth-order valence-corrected chi connectivity index (χ4v) is 1.90. The number of carbonyl (C=O) groups excluding carboxylic acids is 1. The summed E-state index contributed by atoms with van der Waals surface area (Å²) in [7, 11) is 3.34. The third-order valence-electron chi connectivity index (χ3n) is 3.02. The average Bonchev–Trinajstić information content (AvgIpc) is 2.50. The summed E-state index contributed by atoms with van der Waals surface area (Å²) in [6.45, 7) is 3.91. The number of rotatable bonds is 3. The van der Waals surface area contributed by atoms with Crippen molar-refractivity contribution in [3.63, 3.8) is 0 Å². The van der Waals surface area contributed by atoms with E-state index in [1.54, 1.807) is 0 Å². The molecular formula is C13H17NO2. The van der Waals surface area contributed by atoms with E-state index in [9.17, 15) is 4.79 Å². The van der Waals surface area contributed by atoms with E-state index < -0.39 is 0 Å². The molecule has 0 spiro atoms. The molecule has 3 nitrogen and oxygen atoms in total. The summed E-state index contributed by atoms with van der Waals surface area (Å²) in [5.74, 6) is 2.31. The smallest absolute Gasteiger partial charge is 0.339 e. The number of methoxy groups -OCH3 is 1. The van der Waals surface area contributed by atoms with Crippen LogP contribution in [0.4, 0.5) is 0 Å². The van der Waals surface area contributed by atoms with E-state index in [2.05, 4.69) is 5.92 Å². The van der Waals surface area contributed by atoms with E-state index in [-0.39, 0.29) is 5.97 Å². The standard InChI is InChI=1S/C13H17NO2/c1-6-7-8-11-9(2)14(4)10(3)12(11)13(15)16-5/h1H,7-8H2,2-5H3. The lowest BCUT2D eigenvalue weighted by molar-refractivity contribution is 0.0598. The van der Waals surface area contributed by atoms with E-state index in [1.165, 1.54) is 7.11 Å². The second-order valence-electron chi connectivity index (χ2n) is 3.78. The lowest BCUT2D eigenvalue weighted by Gasteiger charge is -2.02. The summed E-state index contributed by atoms with van der Waals surface area (Å²) in [4.78, 5) is 11.7. The van der Waals surface area contributed by atoms with Gasteiger partial charge in [-0.2, -0.15) is 0 Å². The highest BCUT2D eigenvalue weighted by Crippen LogP contribution is 2.23. The van der Waals surface area contributed by atoms with Gasteiger partial charge in [-0.3, -0.25) is 0 Å². The van der Waals surface area contributed by atoms with E-state index in [0.717, 1.165) is 17.0 Å².